The summed E-state index contributed by atoms with van der Waals surface area (Å²) in [5.74, 6) is -2.51. The summed E-state index contributed by atoms with van der Waals surface area (Å²) in [7, 11) is -4.13. The van der Waals surface area contributed by atoms with Gasteiger partial charge in [-0.25, -0.2) is 4.57 Å². The minimum absolute atomic E-state index is 0.236. The molecule has 0 heterocycles. The number of aliphatic carboxylic acids is 1. The van der Waals surface area contributed by atoms with E-state index in [1.165, 1.54) is 0 Å². The van der Waals surface area contributed by atoms with Gasteiger partial charge in [-0.15, -0.1) is 0 Å². The molecule has 0 radical (unpaired) electrons. The van der Waals surface area contributed by atoms with E-state index in [1.807, 2.05) is 6.92 Å². The zero-order valence-corrected chi connectivity index (χ0v) is 13.9. The van der Waals surface area contributed by atoms with Gasteiger partial charge in [-0.3, -0.25) is 9.59 Å². The normalized spacial score (nSPS) is 14.5. The lowest BCUT2D eigenvalue weighted by molar-refractivity contribution is -0.138. The lowest BCUT2D eigenvalue weighted by atomic mass is 10.2. The van der Waals surface area contributed by atoms with Crippen LogP contribution in [0.5, 0.6) is 5.75 Å². The van der Waals surface area contributed by atoms with E-state index in [1.54, 1.807) is 30.3 Å². The van der Waals surface area contributed by atoms with Crippen molar-refractivity contribution in [3.05, 3.63) is 30.3 Å². The van der Waals surface area contributed by atoms with Crippen molar-refractivity contribution in [3.63, 3.8) is 0 Å². The van der Waals surface area contributed by atoms with Gasteiger partial charge in [0.05, 0.1) is 6.42 Å². The molecule has 0 bridgehead atoms. The predicted octanol–water partition coefficient (Wildman–Crippen LogP) is 2.75. The van der Waals surface area contributed by atoms with E-state index >= 15 is 0 Å². The SMILES string of the molecule is CCCCC(NC(=O)CCC(=O)O)P(=O)(O)Oc1ccccc1. The highest BCUT2D eigenvalue weighted by Gasteiger charge is 2.34. The third-order valence-corrected chi connectivity index (χ3v) is 4.75. The number of hydrogen-bond donors (Lipinski definition) is 3. The highest BCUT2D eigenvalue weighted by molar-refractivity contribution is 7.54. The highest BCUT2D eigenvalue weighted by atomic mass is 31.2. The Morgan fingerprint density at radius 1 is 1.26 bits per heavy atom. The Balaban J connectivity index is 2.76. The first-order valence-corrected chi connectivity index (χ1v) is 9.08. The van der Waals surface area contributed by atoms with Crippen molar-refractivity contribution in [2.45, 2.75) is 44.8 Å². The molecule has 1 rings (SSSR count). The van der Waals surface area contributed by atoms with Crippen LogP contribution < -0.4 is 9.84 Å². The molecule has 1 amide bonds. The quantitative estimate of drug-likeness (QED) is 0.563. The molecule has 0 aliphatic heterocycles. The van der Waals surface area contributed by atoms with Crippen molar-refractivity contribution in [2.24, 2.45) is 0 Å². The van der Waals surface area contributed by atoms with Crippen LogP contribution in [0.2, 0.25) is 0 Å². The zero-order chi connectivity index (χ0) is 17.3. The van der Waals surface area contributed by atoms with Crippen LogP contribution in [0.3, 0.4) is 0 Å². The number of unbranched alkanes of at least 4 members (excludes halogenated alkanes) is 1. The Morgan fingerprint density at radius 3 is 2.48 bits per heavy atom. The van der Waals surface area contributed by atoms with Gasteiger partial charge in [-0.1, -0.05) is 38.0 Å². The second-order valence-corrected chi connectivity index (χ2v) is 7.02. The van der Waals surface area contributed by atoms with Crippen molar-refractivity contribution in [1.82, 2.24) is 5.32 Å². The van der Waals surface area contributed by atoms with Gasteiger partial charge in [-0.2, -0.15) is 0 Å². The van der Waals surface area contributed by atoms with Crippen LogP contribution in [0.25, 0.3) is 0 Å². The molecule has 23 heavy (non-hydrogen) atoms. The molecule has 1 aromatic carbocycles. The highest BCUT2D eigenvalue weighted by Crippen LogP contribution is 2.48. The molecule has 0 aliphatic rings. The van der Waals surface area contributed by atoms with Gasteiger partial charge in [0.2, 0.25) is 5.91 Å². The van der Waals surface area contributed by atoms with Crippen LogP contribution in [0, 0.1) is 0 Å². The number of amides is 1. The lowest BCUT2D eigenvalue weighted by Crippen LogP contribution is -2.36. The molecule has 0 spiro atoms. The van der Waals surface area contributed by atoms with Crippen LogP contribution in [0.4, 0.5) is 0 Å². The topological polar surface area (TPSA) is 113 Å². The van der Waals surface area contributed by atoms with Gasteiger partial charge in [-0.05, 0) is 18.6 Å². The summed E-state index contributed by atoms with van der Waals surface area (Å²) in [5.41, 5.74) is 0. The molecule has 8 heteroatoms. The molecule has 0 saturated heterocycles. The fraction of sp³-hybridized carbons (Fsp3) is 0.467. The molecular formula is C15H22NO6P. The molecule has 7 nitrogen and oxygen atoms in total. The summed E-state index contributed by atoms with van der Waals surface area (Å²) >= 11 is 0. The Morgan fingerprint density at radius 2 is 1.91 bits per heavy atom. The van der Waals surface area contributed by atoms with E-state index in [0.29, 0.717) is 6.42 Å². The average Bonchev–Trinajstić information content (AvgIpc) is 2.49. The number of carbonyl (C=O) groups excluding carboxylic acids is 1. The minimum atomic E-state index is -4.13. The standard InChI is InChI=1S/C15H22NO6P/c1-2-3-9-14(16-13(17)10-11-15(18)19)23(20,21)22-12-7-5-4-6-8-12/h4-8,14H,2-3,9-11H2,1H3,(H,16,17)(H,18,19)(H,20,21). The van der Waals surface area contributed by atoms with Crippen LogP contribution in [0.1, 0.15) is 39.0 Å². The second-order valence-electron chi connectivity index (χ2n) is 5.09. The Labute approximate surface area is 135 Å². The molecule has 3 N–H and O–H groups in total. The number of rotatable bonds is 10. The molecule has 128 valence electrons. The Hall–Kier alpha value is -1.85. The fourth-order valence-electron chi connectivity index (χ4n) is 1.89. The molecule has 0 fully saturated rings. The lowest BCUT2D eigenvalue weighted by Gasteiger charge is -2.24. The van der Waals surface area contributed by atoms with Gasteiger partial charge in [0.1, 0.15) is 11.5 Å². The summed E-state index contributed by atoms with van der Waals surface area (Å²) < 4.78 is 17.6. The summed E-state index contributed by atoms with van der Waals surface area (Å²) in [4.78, 5) is 32.4. The third kappa shape index (κ3) is 7.30. The summed E-state index contributed by atoms with van der Waals surface area (Å²) in [6.07, 6.45) is 1.11. The molecule has 0 aliphatic carbocycles. The smallest absolute Gasteiger partial charge is 0.398 e. The first kappa shape index (κ1) is 19.2. The van der Waals surface area contributed by atoms with Crippen molar-refractivity contribution >= 4 is 19.5 Å². The van der Waals surface area contributed by atoms with E-state index in [2.05, 4.69) is 5.32 Å². The average molecular weight is 343 g/mol. The zero-order valence-electron chi connectivity index (χ0n) is 13.0. The van der Waals surface area contributed by atoms with Gasteiger partial charge in [0.25, 0.3) is 0 Å². The maximum atomic E-state index is 12.5. The summed E-state index contributed by atoms with van der Waals surface area (Å²) in [6, 6.07) is 8.18. The molecule has 2 unspecified atom stereocenters. The van der Waals surface area contributed by atoms with Crippen molar-refractivity contribution in [2.75, 3.05) is 0 Å². The fourth-order valence-corrected chi connectivity index (χ4v) is 3.26. The third-order valence-electron chi connectivity index (χ3n) is 3.10. The van der Waals surface area contributed by atoms with Crippen LogP contribution in [0.15, 0.2) is 30.3 Å². The maximum absolute atomic E-state index is 12.5. The maximum Gasteiger partial charge on any atom is 0.398 e. The second kappa shape index (κ2) is 9.33. The first-order chi connectivity index (χ1) is 10.8. The van der Waals surface area contributed by atoms with Gasteiger partial charge in [0.15, 0.2) is 0 Å². The number of carbonyl (C=O) groups is 2. The van der Waals surface area contributed by atoms with Crippen molar-refractivity contribution in [3.8, 4) is 5.75 Å². The Kier molecular flexibility index (Phi) is 7.78. The summed E-state index contributed by atoms with van der Waals surface area (Å²) in [5, 5.41) is 11.0. The number of carboxylic acid groups (broad SMARTS) is 1. The van der Waals surface area contributed by atoms with E-state index in [0.717, 1.165) is 6.42 Å². The van der Waals surface area contributed by atoms with Gasteiger partial charge in [0, 0.05) is 6.42 Å². The van der Waals surface area contributed by atoms with Crippen LogP contribution in [-0.4, -0.2) is 27.7 Å². The molecule has 1 aromatic rings. The largest absolute Gasteiger partial charge is 0.481 e. The number of hydrogen-bond acceptors (Lipinski definition) is 4. The number of nitrogens with one attached hydrogen (secondary N) is 1. The predicted molar refractivity (Wildman–Crippen MR) is 85.2 cm³/mol. The molecule has 2 atom stereocenters. The van der Waals surface area contributed by atoms with Crippen molar-refractivity contribution in [1.29, 1.82) is 0 Å². The van der Waals surface area contributed by atoms with E-state index in [9.17, 15) is 19.0 Å². The Bertz CT molecular complexity index is 562. The van der Waals surface area contributed by atoms with Crippen molar-refractivity contribution < 1.29 is 28.7 Å². The van der Waals surface area contributed by atoms with E-state index < -0.39 is 25.3 Å². The molecule has 0 saturated carbocycles. The first-order valence-electron chi connectivity index (χ1n) is 7.43. The minimum Gasteiger partial charge on any atom is -0.481 e. The number of para-hydroxylation sites is 1. The summed E-state index contributed by atoms with van der Waals surface area (Å²) in [6.45, 7) is 1.92. The molecular weight excluding hydrogens is 321 g/mol. The van der Waals surface area contributed by atoms with Gasteiger partial charge < -0.3 is 19.8 Å². The van der Waals surface area contributed by atoms with E-state index in [4.69, 9.17) is 9.63 Å². The number of carboxylic acids is 1. The van der Waals surface area contributed by atoms with E-state index in [-0.39, 0.29) is 25.0 Å². The molecule has 0 aromatic heterocycles. The monoisotopic (exact) mass is 343 g/mol. The van der Waals surface area contributed by atoms with Gasteiger partial charge >= 0.3 is 13.6 Å². The van der Waals surface area contributed by atoms with Crippen LogP contribution >= 0.6 is 7.60 Å². The van der Waals surface area contributed by atoms with Crippen LogP contribution in [-0.2, 0) is 14.2 Å². The number of benzene rings is 1.